The van der Waals surface area contributed by atoms with E-state index < -0.39 is 5.82 Å². The molecular formula is C15H13BrFNO. The Morgan fingerprint density at radius 1 is 1.16 bits per heavy atom. The van der Waals surface area contributed by atoms with Crippen LogP contribution in [0.4, 0.5) is 10.1 Å². The van der Waals surface area contributed by atoms with Gasteiger partial charge in [0.15, 0.2) is 5.78 Å². The highest BCUT2D eigenvalue weighted by Crippen LogP contribution is 2.24. The number of hydrogen-bond acceptors (Lipinski definition) is 2. The van der Waals surface area contributed by atoms with Crippen molar-refractivity contribution in [2.45, 2.75) is 13.8 Å². The van der Waals surface area contributed by atoms with Crippen LogP contribution in [0.15, 0.2) is 34.8 Å². The van der Waals surface area contributed by atoms with E-state index in [4.69, 9.17) is 5.73 Å². The summed E-state index contributed by atoms with van der Waals surface area (Å²) in [5.74, 6) is -0.774. The second-order valence-corrected chi connectivity index (χ2v) is 5.34. The van der Waals surface area contributed by atoms with Crippen molar-refractivity contribution in [1.29, 1.82) is 0 Å². The molecule has 0 aromatic heterocycles. The third kappa shape index (κ3) is 2.68. The van der Waals surface area contributed by atoms with E-state index in [2.05, 4.69) is 15.9 Å². The zero-order valence-electron chi connectivity index (χ0n) is 10.6. The van der Waals surface area contributed by atoms with Gasteiger partial charge < -0.3 is 5.73 Å². The van der Waals surface area contributed by atoms with Gasteiger partial charge in [-0.05, 0) is 55.3 Å². The Balaban J connectivity index is 2.49. The van der Waals surface area contributed by atoms with Gasteiger partial charge in [0.2, 0.25) is 0 Å². The van der Waals surface area contributed by atoms with Crippen molar-refractivity contribution in [1.82, 2.24) is 0 Å². The largest absolute Gasteiger partial charge is 0.396 e. The number of rotatable bonds is 2. The lowest BCUT2D eigenvalue weighted by atomic mass is 9.97. The zero-order chi connectivity index (χ0) is 14.2. The summed E-state index contributed by atoms with van der Waals surface area (Å²) in [6.07, 6.45) is 0. The highest BCUT2D eigenvalue weighted by molar-refractivity contribution is 9.10. The third-order valence-corrected chi connectivity index (χ3v) is 3.87. The fraction of sp³-hybridized carbons (Fsp3) is 0.133. The van der Waals surface area contributed by atoms with Crippen molar-refractivity contribution in [3.8, 4) is 0 Å². The number of aryl methyl sites for hydroxylation is 2. The van der Waals surface area contributed by atoms with Crippen LogP contribution in [0.25, 0.3) is 0 Å². The highest BCUT2D eigenvalue weighted by Gasteiger charge is 2.14. The number of halogens is 2. The van der Waals surface area contributed by atoms with Crippen LogP contribution in [0.2, 0.25) is 0 Å². The molecule has 0 aliphatic rings. The molecule has 2 rings (SSSR count). The first-order chi connectivity index (χ1) is 8.90. The van der Waals surface area contributed by atoms with E-state index in [1.807, 2.05) is 19.9 Å². The molecule has 0 atom stereocenters. The number of hydrogen-bond donors (Lipinski definition) is 1. The minimum Gasteiger partial charge on any atom is -0.396 e. The monoisotopic (exact) mass is 321 g/mol. The highest BCUT2D eigenvalue weighted by atomic mass is 79.9. The Hall–Kier alpha value is -1.68. The number of ketones is 1. The summed E-state index contributed by atoms with van der Waals surface area (Å²) in [4.78, 5) is 12.4. The third-order valence-electron chi connectivity index (χ3n) is 3.01. The second-order valence-electron chi connectivity index (χ2n) is 4.48. The fourth-order valence-corrected chi connectivity index (χ4v) is 2.31. The van der Waals surface area contributed by atoms with Gasteiger partial charge >= 0.3 is 0 Å². The smallest absolute Gasteiger partial charge is 0.193 e. The molecule has 0 fully saturated rings. The molecule has 0 heterocycles. The molecule has 2 aromatic carbocycles. The summed E-state index contributed by atoms with van der Waals surface area (Å²) < 4.78 is 14.4. The number of carbonyl (C=O) groups excluding carboxylic acids is 1. The van der Waals surface area contributed by atoms with Gasteiger partial charge in [-0.3, -0.25) is 4.79 Å². The summed E-state index contributed by atoms with van der Waals surface area (Å²) in [7, 11) is 0. The predicted octanol–water partition coefficient (Wildman–Crippen LogP) is 4.02. The molecular weight excluding hydrogens is 309 g/mol. The van der Waals surface area contributed by atoms with Crippen LogP contribution >= 0.6 is 15.9 Å². The summed E-state index contributed by atoms with van der Waals surface area (Å²) in [6.45, 7) is 3.76. The van der Waals surface area contributed by atoms with Crippen molar-refractivity contribution in [2.75, 3.05) is 5.73 Å². The van der Waals surface area contributed by atoms with Crippen LogP contribution in [0.1, 0.15) is 27.0 Å². The number of anilines is 1. The molecule has 98 valence electrons. The molecule has 4 heteroatoms. The number of nitrogen functional groups attached to an aromatic ring is 1. The Labute approximate surface area is 119 Å². The Kier molecular flexibility index (Phi) is 3.71. The minimum absolute atomic E-state index is 0.0419. The van der Waals surface area contributed by atoms with Crippen molar-refractivity contribution in [3.05, 3.63) is 62.9 Å². The molecule has 0 spiro atoms. The van der Waals surface area contributed by atoms with E-state index in [0.717, 1.165) is 15.6 Å². The molecule has 0 radical (unpaired) electrons. The maximum Gasteiger partial charge on any atom is 0.193 e. The van der Waals surface area contributed by atoms with E-state index in [0.29, 0.717) is 11.1 Å². The van der Waals surface area contributed by atoms with Crippen LogP contribution in [0.5, 0.6) is 0 Å². The van der Waals surface area contributed by atoms with E-state index in [9.17, 15) is 9.18 Å². The van der Waals surface area contributed by atoms with Gasteiger partial charge in [-0.1, -0.05) is 15.9 Å². The van der Waals surface area contributed by atoms with Gasteiger partial charge in [0.05, 0.1) is 5.69 Å². The molecule has 2 nitrogen and oxygen atoms in total. The number of benzene rings is 2. The standard InChI is InChI=1S/C15H13BrFNO/c1-8-6-12(16)9(2)5-11(8)15(19)10-3-4-14(18)13(17)7-10/h3-7H,18H2,1-2H3. The topological polar surface area (TPSA) is 43.1 Å². The SMILES string of the molecule is Cc1cc(C(=O)c2ccc(N)c(F)c2)c(C)cc1Br. The Morgan fingerprint density at radius 2 is 1.84 bits per heavy atom. The van der Waals surface area contributed by atoms with Crippen LogP contribution in [0.3, 0.4) is 0 Å². The van der Waals surface area contributed by atoms with E-state index in [-0.39, 0.29) is 11.5 Å². The molecule has 0 saturated carbocycles. The van der Waals surface area contributed by atoms with Gasteiger partial charge in [0.1, 0.15) is 5.82 Å². The summed E-state index contributed by atoms with van der Waals surface area (Å²) in [5.41, 5.74) is 8.14. The van der Waals surface area contributed by atoms with E-state index in [1.54, 1.807) is 6.07 Å². The van der Waals surface area contributed by atoms with Crippen LogP contribution in [-0.2, 0) is 0 Å². The first-order valence-corrected chi connectivity index (χ1v) is 6.56. The quantitative estimate of drug-likeness (QED) is 0.670. The molecule has 0 aliphatic heterocycles. The maximum atomic E-state index is 13.4. The maximum absolute atomic E-state index is 13.4. The van der Waals surface area contributed by atoms with Crippen LogP contribution in [-0.4, -0.2) is 5.78 Å². The minimum atomic E-state index is -0.572. The second kappa shape index (κ2) is 5.13. The van der Waals surface area contributed by atoms with Crippen LogP contribution in [0, 0.1) is 19.7 Å². The zero-order valence-corrected chi connectivity index (χ0v) is 12.2. The first kappa shape index (κ1) is 13.7. The first-order valence-electron chi connectivity index (χ1n) is 5.76. The lowest BCUT2D eigenvalue weighted by Crippen LogP contribution is -2.05. The summed E-state index contributed by atoms with van der Waals surface area (Å²) >= 11 is 3.42. The van der Waals surface area contributed by atoms with Crippen molar-refractivity contribution < 1.29 is 9.18 Å². The molecule has 2 N–H and O–H groups in total. The molecule has 0 saturated heterocycles. The molecule has 0 amide bonds. The van der Waals surface area contributed by atoms with Crippen molar-refractivity contribution in [3.63, 3.8) is 0 Å². The van der Waals surface area contributed by atoms with Gasteiger partial charge in [0, 0.05) is 15.6 Å². The number of carbonyl (C=O) groups is 1. The van der Waals surface area contributed by atoms with Crippen molar-refractivity contribution >= 4 is 27.4 Å². The lowest BCUT2D eigenvalue weighted by Gasteiger charge is -2.09. The normalized spacial score (nSPS) is 10.5. The predicted molar refractivity (Wildman–Crippen MR) is 77.9 cm³/mol. The summed E-state index contributed by atoms with van der Waals surface area (Å²) in [5, 5.41) is 0. The molecule has 0 unspecified atom stereocenters. The Morgan fingerprint density at radius 3 is 2.47 bits per heavy atom. The molecule has 19 heavy (non-hydrogen) atoms. The fourth-order valence-electron chi connectivity index (χ4n) is 1.85. The average molecular weight is 322 g/mol. The van der Waals surface area contributed by atoms with Gasteiger partial charge in [-0.25, -0.2) is 4.39 Å². The van der Waals surface area contributed by atoms with E-state index >= 15 is 0 Å². The average Bonchev–Trinajstić information content (AvgIpc) is 2.36. The van der Waals surface area contributed by atoms with Gasteiger partial charge in [-0.15, -0.1) is 0 Å². The van der Waals surface area contributed by atoms with Gasteiger partial charge in [0.25, 0.3) is 0 Å². The molecule has 2 aromatic rings. The van der Waals surface area contributed by atoms with Crippen molar-refractivity contribution in [2.24, 2.45) is 0 Å². The molecule has 0 bridgehead atoms. The molecule has 0 aliphatic carbocycles. The van der Waals surface area contributed by atoms with E-state index in [1.165, 1.54) is 18.2 Å². The Bertz CT molecular complexity index is 667. The van der Waals surface area contributed by atoms with Crippen LogP contribution < -0.4 is 5.73 Å². The number of nitrogens with two attached hydrogens (primary N) is 1. The van der Waals surface area contributed by atoms with Gasteiger partial charge in [-0.2, -0.15) is 0 Å². The lowest BCUT2D eigenvalue weighted by molar-refractivity contribution is 0.103. The summed E-state index contributed by atoms with van der Waals surface area (Å²) in [6, 6.07) is 7.81.